The number of para-hydroxylation sites is 3. The molecule has 0 aliphatic carbocycles. The van der Waals surface area contributed by atoms with Crippen LogP contribution in [0.25, 0.3) is 99.2 Å². The molecule has 2 aromatic heterocycles. The van der Waals surface area contributed by atoms with Crippen molar-refractivity contribution >= 4 is 71.7 Å². The molecule has 12 aromatic rings. The molecule has 0 unspecified atom stereocenters. The zero-order valence-corrected chi connectivity index (χ0v) is 40.0. The highest BCUT2D eigenvalue weighted by Crippen LogP contribution is 2.48. The lowest BCUT2D eigenvalue weighted by Gasteiger charge is -2.29. The van der Waals surface area contributed by atoms with Crippen LogP contribution in [-0.2, 0) is 10.8 Å². The van der Waals surface area contributed by atoms with Gasteiger partial charge in [0.25, 0.3) is 0 Å². The van der Waals surface area contributed by atoms with E-state index in [0.717, 1.165) is 88.8 Å². The van der Waals surface area contributed by atoms with Crippen LogP contribution in [0.1, 0.15) is 52.7 Å². The molecule has 0 amide bonds. The summed E-state index contributed by atoms with van der Waals surface area (Å²) in [7, 11) is 0. The van der Waals surface area contributed by atoms with Crippen molar-refractivity contribution in [3.63, 3.8) is 0 Å². The highest BCUT2D eigenvalue weighted by atomic mass is 16.3. The third-order valence-electron chi connectivity index (χ3n) is 14.0. The van der Waals surface area contributed by atoms with E-state index in [4.69, 9.17) is 8.83 Å². The fourth-order valence-corrected chi connectivity index (χ4v) is 10.4. The molecule has 0 atom stereocenters. The lowest BCUT2D eigenvalue weighted by molar-refractivity contribution is 0.569. The molecule has 0 bridgehead atoms. The average molecular weight is 892 g/mol. The van der Waals surface area contributed by atoms with Crippen molar-refractivity contribution in [2.24, 2.45) is 0 Å². The Kier molecular flexibility index (Phi) is 9.97. The van der Waals surface area contributed by atoms with Gasteiger partial charge in [-0.1, -0.05) is 199 Å². The van der Waals surface area contributed by atoms with Gasteiger partial charge < -0.3 is 13.7 Å². The van der Waals surface area contributed by atoms with Gasteiger partial charge in [0, 0.05) is 38.5 Å². The summed E-state index contributed by atoms with van der Waals surface area (Å²) in [6, 6.07) is 77.2. The van der Waals surface area contributed by atoms with Crippen LogP contribution in [0.2, 0.25) is 0 Å². The summed E-state index contributed by atoms with van der Waals surface area (Å²) in [6.45, 7) is 13.9. The standard InChI is InChI=1S/C66H53NO2/c1-65(2,3)46-38-45(39-47(41-46)66(4,5)6)52-25-14-18-43-19-15-28-54(62(43)52)53-22-7-10-29-57(53)67(48-36-34-42(35-37-48)50-26-16-32-60-63(50)55-23-8-11-30-58(55)68-60)49-21-13-20-44(40-49)51-27-17-33-61-64(51)56-24-9-12-31-59(56)69-61/h7-41H,1-6H3. The summed E-state index contributed by atoms with van der Waals surface area (Å²) < 4.78 is 12.7. The van der Waals surface area contributed by atoms with Crippen molar-refractivity contribution < 1.29 is 8.83 Å². The molecule has 3 heteroatoms. The van der Waals surface area contributed by atoms with Gasteiger partial charge in [-0.25, -0.2) is 0 Å². The minimum atomic E-state index is -0.0182. The van der Waals surface area contributed by atoms with Gasteiger partial charge in [0.1, 0.15) is 22.3 Å². The molecular weight excluding hydrogens is 839 g/mol. The first-order valence-corrected chi connectivity index (χ1v) is 24.1. The van der Waals surface area contributed by atoms with E-state index in [1.807, 2.05) is 18.2 Å². The summed E-state index contributed by atoms with van der Waals surface area (Å²) >= 11 is 0. The van der Waals surface area contributed by atoms with E-state index >= 15 is 0 Å². The number of nitrogens with zero attached hydrogens (tertiary/aromatic N) is 1. The van der Waals surface area contributed by atoms with E-state index in [-0.39, 0.29) is 10.8 Å². The SMILES string of the molecule is CC(C)(C)c1cc(-c2cccc3cccc(-c4ccccc4N(c4ccc(-c5cccc6oc7ccccc7c56)cc4)c4cccc(-c5cccc6oc7ccccc7c56)c4)c23)cc(C(C)(C)C)c1. The monoisotopic (exact) mass is 891 g/mol. The van der Waals surface area contributed by atoms with Crippen LogP contribution in [0.15, 0.2) is 221 Å². The maximum atomic E-state index is 6.39. The Morgan fingerprint density at radius 2 is 0.797 bits per heavy atom. The Balaban J connectivity index is 1.07. The lowest BCUT2D eigenvalue weighted by Crippen LogP contribution is -2.16. The molecule has 0 fully saturated rings. The molecule has 12 rings (SSSR count). The Bertz CT molecular complexity index is 3890. The Hall–Kier alpha value is -8.14. The van der Waals surface area contributed by atoms with Crippen LogP contribution in [0.5, 0.6) is 0 Å². The van der Waals surface area contributed by atoms with E-state index in [1.54, 1.807) is 0 Å². The molecule has 0 N–H and O–H groups in total. The van der Waals surface area contributed by atoms with Crippen molar-refractivity contribution in [1.29, 1.82) is 0 Å². The lowest BCUT2D eigenvalue weighted by atomic mass is 9.78. The first-order chi connectivity index (χ1) is 33.5. The fourth-order valence-electron chi connectivity index (χ4n) is 10.4. The Morgan fingerprint density at radius 3 is 1.41 bits per heavy atom. The second-order valence-corrected chi connectivity index (χ2v) is 20.5. The molecule has 3 nitrogen and oxygen atoms in total. The van der Waals surface area contributed by atoms with Crippen LogP contribution in [0, 0.1) is 0 Å². The summed E-state index contributed by atoms with van der Waals surface area (Å²) in [4.78, 5) is 2.43. The Morgan fingerprint density at radius 1 is 0.319 bits per heavy atom. The molecule has 0 aliphatic rings. The smallest absolute Gasteiger partial charge is 0.136 e. The van der Waals surface area contributed by atoms with E-state index in [2.05, 4.69) is 241 Å². The maximum absolute atomic E-state index is 6.39. The second kappa shape index (κ2) is 16.3. The minimum Gasteiger partial charge on any atom is -0.456 e. The summed E-state index contributed by atoms with van der Waals surface area (Å²) in [6.07, 6.45) is 0. The maximum Gasteiger partial charge on any atom is 0.136 e. The quantitative estimate of drug-likeness (QED) is 0.160. The first-order valence-electron chi connectivity index (χ1n) is 24.1. The molecule has 0 saturated heterocycles. The van der Waals surface area contributed by atoms with Crippen LogP contribution >= 0.6 is 0 Å². The third kappa shape index (κ3) is 7.37. The molecule has 0 aliphatic heterocycles. The van der Waals surface area contributed by atoms with Gasteiger partial charge in [-0.05, 0) is 126 Å². The molecular formula is C66H53NO2. The van der Waals surface area contributed by atoms with Crippen molar-refractivity contribution in [2.45, 2.75) is 52.4 Å². The van der Waals surface area contributed by atoms with E-state index in [9.17, 15) is 0 Å². The van der Waals surface area contributed by atoms with Crippen molar-refractivity contribution in [3.8, 4) is 44.5 Å². The van der Waals surface area contributed by atoms with Gasteiger partial charge in [0.2, 0.25) is 0 Å². The van der Waals surface area contributed by atoms with Gasteiger partial charge in [0.05, 0.1) is 5.69 Å². The molecule has 0 saturated carbocycles. The molecule has 0 radical (unpaired) electrons. The van der Waals surface area contributed by atoms with Crippen LogP contribution in [0.3, 0.4) is 0 Å². The molecule has 69 heavy (non-hydrogen) atoms. The van der Waals surface area contributed by atoms with Crippen molar-refractivity contribution in [2.75, 3.05) is 4.90 Å². The van der Waals surface area contributed by atoms with E-state index < -0.39 is 0 Å². The third-order valence-corrected chi connectivity index (χ3v) is 14.0. The zero-order chi connectivity index (χ0) is 47.0. The second-order valence-electron chi connectivity index (χ2n) is 20.5. The van der Waals surface area contributed by atoms with Gasteiger partial charge in [-0.3, -0.25) is 0 Å². The number of anilines is 3. The fraction of sp³-hybridized carbons (Fsp3) is 0.121. The highest BCUT2D eigenvalue weighted by Gasteiger charge is 2.25. The van der Waals surface area contributed by atoms with Gasteiger partial charge in [-0.15, -0.1) is 0 Å². The largest absolute Gasteiger partial charge is 0.456 e. The number of hydrogen-bond acceptors (Lipinski definition) is 3. The van der Waals surface area contributed by atoms with E-state index in [0.29, 0.717) is 0 Å². The van der Waals surface area contributed by atoms with Gasteiger partial charge >= 0.3 is 0 Å². The van der Waals surface area contributed by atoms with Crippen LogP contribution < -0.4 is 4.90 Å². The van der Waals surface area contributed by atoms with E-state index in [1.165, 1.54) is 38.6 Å². The molecule has 10 aromatic carbocycles. The predicted molar refractivity (Wildman–Crippen MR) is 292 cm³/mol. The van der Waals surface area contributed by atoms with Crippen molar-refractivity contribution in [3.05, 3.63) is 223 Å². The minimum absolute atomic E-state index is 0.0182. The topological polar surface area (TPSA) is 29.5 Å². The number of benzene rings is 10. The number of hydrogen-bond donors (Lipinski definition) is 0. The predicted octanol–water partition coefficient (Wildman–Crippen LogP) is 19.4. The summed E-state index contributed by atoms with van der Waals surface area (Å²) in [5, 5.41) is 6.93. The number of rotatable bonds is 7. The van der Waals surface area contributed by atoms with Gasteiger partial charge in [0.15, 0.2) is 0 Å². The first kappa shape index (κ1) is 42.2. The number of fused-ring (bicyclic) bond motifs is 7. The average Bonchev–Trinajstić information content (AvgIpc) is 3.95. The molecule has 334 valence electrons. The zero-order valence-electron chi connectivity index (χ0n) is 40.0. The Labute approximate surface area is 403 Å². The highest BCUT2D eigenvalue weighted by molar-refractivity contribution is 6.14. The summed E-state index contributed by atoms with van der Waals surface area (Å²) in [5.74, 6) is 0. The van der Waals surface area contributed by atoms with Crippen molar-refractivity contribution in [1.82, 2.24) is 0 Å². The molecule has 0 spiro atoms. The number of furan rings is 2. The normalized spacial score (nSPS) is 12.2. The van der Waals surface area contributed by atoms with Crippen LogP contribution in [-0.4, -0.2) is 0 Å². The van der Waals surface area contributed by atoms with Crippen LogP contribution in [0.4, 0.5) is 17.1 Å². The summed E-state index contributed by atoms with van der Waals surface area (Å²) in [5.41, 5.74) is 18.7. The van der Waals surface area contributed by atoms with Gasteiger partial charge in [-0.2, -0.15) is 0 Å². The molecule has 2 heterocycles.